The molecular weight excluding hydrogens is 934 g/mol. The lowest BCUT2D eigenvalue weighted by Gasteiger charge is -2.28. The van der Waals surface area contributed by atoms with Crippen LogP contribution in [0.3, 0.4) is 0 Å². The molecule has 1 fully saturated rings. The van der Waals surface area contributed by atoms with Crippen molar-refractivity contribution < 1.29 is 56.9 Å². The van der Waals surface area contributed by atoms with Gasteiger partial charge in [0.15, 0.2) is 13.6 Å². The number of nitrogens with two attached hydrogens (primary N) is 1. The highest BCUT2D eigenvalue weighted by molar-refractivity contribution is 7.66. The number of carbonyl (C=O) groups excluding carboxylic acids is 8. The van der Waals surface area contributed by atoms with Gasteiger partial charge in [-0.2, -0.15) is 0 Å². The molecule has 19 nitrogen and oxygen atoms in total. The molecule has 3 unspecified atom stereocenters. The zero-order valence-corrected chi connectivity index (χ0v) is 42.2. The van der Waals surface area contributed by atoms with Crippen molar-refractivity contribution >= 4 is 66.8 Å². The van der Waals surface area contributed by atoms with E-state index in [0.29, 0.717) is 49.7 Å². The van der Waals surface area contributed by atoms with Crippen LogP contribution >= 0.6 is 8.38 Å². The molecule has 20 heteroatoms. The Bertz CT molecular complexity index is 2420. The first kappa shape index (κ1) is 55.4. The van der Waals surface area contributed by atoms with Gasteiger partial charge in [-0.05, 0) is 116 Å². The van der Waals surface area contributed by atoms with Gasteiger partial charge in [0.05, 0.1) is 16.9 Å². The fourth-order valence-corrected chi connectivity index (χ4v) is 8.57. The molecule has 3 aromatic carbocycles. The molecule has 0 saturated carbocycles. The monoisotopic (exact) mass is 999 g/mol. The number of H-pyrrole nitrogens is 1. The molecule has 0 radical (unpaired) electrons. The fourth-order valence-electron chi connectivity index (χ4n) is 7.61. The molecule has 4 aromatic rings. The summed E-state index contributed by atoms with van der Waals surface area (Å²) < 4.78 is 21.5. The van der Waals surface area contributed by atoms with Crippen LogP contribution < -0.4 is 27.0 Å². The number of hydrogen-bond donors (Lipinski definition) is 6. The highest BCUT2D eigenvalue weighted by Crippen LogP contribution is 2.43. The van der Waals surface area contributed by atoms with Gasteiger partial charge in [-0.25, -0.2) is 0 Å². The minimum Gasteiger partial charge on any atom is -0.438 e. The Kier molecular flexibility index (Phi) is 19.9. The Morgan fingerprint density at radius 3 is 1.94 bits per heavy atom. The van der Waals surface area contributed by atoms with E-state index in [4.69, 9.17) is 24.3 Å². The van der Waals surface area contributed by atoms with Crippen molar-refractivity contribution in [3.05, 3.63) is 107 Å². The fraction of sp³-hybridized carbons (Fsp3) is 0.451. The lowest BCUT2D eigenvalue weighted by atomic mass is 9.98. The Balaban J connectivity index is 1.12. The Morgan fingerprint density at radius 1 is 0.803 bits per heavy atom. The SMILES string of the molecule is C[C@H](CNCCC1CCC(C(=O)NC(CCC(N)=O)C(=O)NC(c2ccccc2)c2ccccc2)N1C=O)NC(=O)c1cc2cc(C(=O)P(OCOC(=O)C(C)(C)C)OCOC(=O)C(C)(C)C)ccc2[nH]1. The third kappa shape index (κ3) is 16.3. The van der Waals surface area contributed by atoms with Crippen LogP contribution in [0.25, 0.3) is 10.9 Å². The molecule has 1 aromatic heterocycles. The van der Waals surface area contributed by atoms with E-state index in [1.165, 1.54) is 11.0 Å². The summed E-state index contributed by atoms with van der Waals surface area (Å²) in [6.07, 6.45) is 1.89. The lowest BCUT2D eigenvalue weighted by molar-refractivity contribution is -0.161. The molecule has 0 aliphatic carbocycles. The molecule has 0 spiro atoms. The third-order valence-electron chi connectivity index (χ3n) is 11.5. The largest absolute Gasteiger partial charge is 0.438 e. The summed E-state index contributed by atoms with van der Waals surface area (Å²) in [6.45, 7) is 11.5. The molecule has 5 amide bonds. The summed E-state index contributed by atoms with van der Waals surface area (Å²) in [7, 11) is -2.40. The van der Waals surface area contributed by atoms with Crippen LogP contribution in [0.5, 0.6) is 0 Å². The van der Waals surface area contributed by atoms with E-state index >= 15 is 0 Å². The standard InChI is InChI=1S/C51H66N7O12P/c1-32(54-45(62)40-27-36-26-35(18-20-38(36)55-40)47(64)71(69-30-67-48(65)50(2,3)4)70-31-68-49(66)51(5,6)7)28-53-25-24-37-19-22-41(58(37)29-59)46(63)56-39(21-23-42(52)60)44(61)57-43(33-14-10-8-11-15-33)34-16-12-9-13-17-34/h8-18,20,26-27,29,32,37,39,41,43,53,55H,19,21-25,28,30-31H2,1-7H3,(H2,52,60)(H,54,62)(H,56,63)(H,57,61)/t32-,37?,39?,41?/m1/s1. The number of nitrogens with one attached hydrogen (secondary N) is 5. The van der Waals surface area contributed by atoms with Crippen molar-refractivity contribution in [3.63, 3.8) is 0 Å². The van der Waals surface area contributed by atoms with Crippen molar-refractivity contribution in [2.45, 2.75) is 111 Å². The predicted molar refractivity (Wildman–Crippen MR) is 265 cm³/mol. The Hall–Kier alpha value is -6.53. The summed E-state index contributed by atoms with van der Waals surface area (Å²) >= 11 is 0. The van der Waals surface area contributed by atoms with Crippen LogP contribution in [0.2, 0.25) is 0 Å². The molecule has 71 heavy (non-hydrogen) atoms. The second-order valence-corrected chi connectivity index (χ2v) is 20.8. The number of esters is 2. The number of aromatic amines is 1. The number of likely N-dealkylation sites (tertiary alicyclic amines) is 1. The van der Waals surface area contributed by atoms with E-state index < -0.39 is 92.0 Å². The van der Waals surface area contributed by atoms with Gasteiger partial charge in [-0.1, -0.05) is 60.7 Å². The first-order valence-corrected chi connectivity index (χ1v) is 24.6. The third-order valence-corrected chi connectivity index (χ3v) is 12.8. The van der Waals surface area contributed by atoms with E-state index in [9.17, 15) is 38.4 Å². The van der Waals surface area contributed by atoms with Gasteiger partial charge in [0.25, 0.3) is 14.3 Å². The average molecular weight is 1000 g/mol. The number of primary amides is 1. The first-order valence-electron chi connectivity index (χ1n) is 23.5. The summed E-state index contributed by atoms with van der Waals surface area (Å²) in [4.78, 5) is 108. The van der Waals surface area contributed by atoms with Crippen LogP contribution in [0, 0.1) is 10.8 Å². The number of fused-ring (bicyclic) bond motifs is 1. The Morgan fingerprint density at radius 2 is 1.39 bits per heavy atom. The van der Waals surface area contributed by atoms with Crippen molar-refractivity contribution in [2.75, 3.05) is 26.7 Å². The molecular formula is C51H66N7O12P. The predicted octanol–water partition coefficient (Wildman–Crippen LogP) is 5.49. The van der Waals surface area contributed by atoms with Gasteiger partial charge < -0.3 is 46.4 Å². The number of aromatic nitrogens is 1. The lowest BCUT2D eigenvalue weighted by Crippen LogP contribution is -2.53. The van der Waals surface area contributed by atoms with Gasteiger partial charge in [0.2, 0.25) is 29.7 Å². The number of rotatable bonds is 25. The maximum Gasteiger partial charge on any atom is 0.313 e. The summed E-state index contributed by atoms with van der Waals surface area (Å²) in [5.41, 5.74) is 5.90. The quantitative estimate of drug-likeness (QED) is 0.0158. The summed E-state index contributed by atoms with van der Waals surface area (Å²) in [5, 5.41) is 12.6. The van der Waals surface area contributed by atoms with Crippen molar-refractivity contribution in [3.8, 4) is 0 Å². The molecule has 382 valence electrons. The maximum absolute atomic E-state index is 13.8. The molecule has 1 aliphatic heterocycles. The molecule has 1 saturated heterocycles. The second kappa shape index (κ2) is 25.5. The van der Waals surface area contributed by atoms with Crippen molar-refractivity contribution in [1.29, 1.82) is 0 Å². The number of ether oxygens (including phenoxy) is 2. The normalized spacial score (nSPS) is 15.8. The van der Waals surface area contributed by atoms with E-state index in [-0.39, 0.29) is 36.2 Å². The molecule has 1 aliphatic rings. The summed E-state index contributed by atoms with van der Waals surface area (Å²) in [5.74, 6) is -3.13. The number of carbonyl (C=O) groups is 8. The van der Waals surface area contributed by atoms with Gasteiger partial charge in [-0.3, -0.25) is 47.4 Å². The molecule has 0 bridgehead atoms. The number of hydrogen-bond acceptors (Lipinski definition) is 13. The molecule has 7 N–H and O–H groups in total. The smallest absolute Gasteiger partial charge is 0.313 e. The number of nitrogens with zero attached hydrogens (tertiary/aromatic N) is 1. The summed E-state index contributed by atoms with van der Waals surface area (Å²) in [6, 6.07) is 22.0. The van der Waals surface area contributed by atoms with Crippen LogP contribution in [-0.4, -0.2) is 108 Å². The minimum atomic E-state index is -2.40. The van der Waals surface area contributed by atoms with Crippen LogP contribution in [0.1, 0.15) is 119 Å². The minimum absolute atomic E-state index is 0.0331. The highest BCUT2D eigenvalue weighted by atomic mass is 31.2. The van der Waals surface area contributed by atoms with E-state index in [1.807, 2.05) is 67.6 Å². The Labute approximate surface area is 414 Å². The second-order valence-electron chi connectivity index (χ2n) is 19.4. The van der Waals surface area contributed by atoms with Gasteiger partial charge >= 0.3 is 11.9 Å². The first-order chi connectivity index (χ1) is 33.7. The number of benzene rings is 3. The van der Waals surface area contributed by atoms with Crippen LogP contribution in [0.15, 0.2) is 84.9 Å². The van der Waals surface area contributed by atoms with E-state index in [0.717, 1.165) is 11.1 Å². The van der Waals surface area contributed by atoms with E-state index in [2.05, 4.69) is 26.3 Å². The molecule has 5 rings (SSSR count). The topological polar surface area (TPSA) is 267 Å². The van der Waals surface area contributed by atoms with Gasteiger partial charge in [0.1, 0.15) is 17.8 Å². The zero-order valence-electron chi connectivity index (χ0n) is 41.3. The zero-order chi connectivity index (χ0) is 51.9. The van der Waals surface area contributed by atoms with Crippen LogP contribution in [-0.2, 0) is 47.3 Å². The van der Waals surface area contributed by atoms with Crippen molar-refractivity contribution in [1.82, 2.24) is 31.2 Å². The van der Waals surface area contributed by atoms with Crippen LogP contribution in [0.4, 0.5) is 0 Å². The average Bonchev–Trinajstić information content (AvgIpc) is 3.96. The van der Waals surface area contributed by atoms with Gasteiger partial charge in [0, 0.05) is 41.5 Å². The maximum atomic E-state index is 13.8. The molecule has 2 heterocycles. The highest BCUT2D eigenvalue weighted by Gasteiger charge is 2.38. The van der Waals surface area contributed by atoms with E-state index in [1.54, 1.807) is 59.7 Å². The van der Waals surface area contributed by atoms with Crippen molar-refractivity contribution in [2.24, 2.45) is 16.6 Å². The van der Waals surface area contributed by atoms with Gasteiger partial charge in [-0.15, -0.1) is 0 Å². The molecule has 4 atom stereocenters. The number of amides is 5.